The van der Waals surface area contributed by atoms with Crippen LogP contribution >= 0.6 is 34.8 Å². The summed E-state index contributed by atoms with van der Waals surface area (Å²) >= 11 is 18.0. The number of benzene rings is 2. The third-order valence-electron chi connectivity index (χ3n) is 3.57. The number of hydrogen-bond acceptors (Lipinski definition) is 3. The molecule has 1 N–H and O–H groups in total. The van der Waals surface area contributed by atoms with Crippen molar-refractivity contribution >= 4 is 40.7 Å². The maximum Gasteiger partial charge on any atom is 0.287 e. The van der Waals surface area contributed by atoms with Crippen LogP contribution in [0.5, 0.6) is 5.75 Å². The maximum atomic E-state index is 12.9. The lowest BCUT2D eigenvalue weighted by Gasteiger charge is -2.09. The van der Waals surface area contributed by atoms with Crippen LogP contribution in [0.4, 0.5) is 4.39 Å². The Kier molecular flexibility index (Phi) is 6.26. The summed E-state index contributed by atoms with van der Waals surface area (Å²) in [5.41, 5.74) is 0.770. The number of furan rings is 1. The Morgan fingerprint density at radius 1 is 1.04 bits per heavy atom. The van der Waals surface area contributed by atoms with E-state index in [0.29, 0.717) is 10.8 Å². The Labute approximate surface area is 169 Å². The molecule has 0 aliphatic heterocycles. The zero-order chi connectivity index (χ0) is 19.4. The summed E-state index contributed by atoms with van der Waals surface area (Å²) in [6.45, 7) is 0.286. The molecule has 3 rings (SSSR count). The van der Waals surface area contributed by atoms with Gasteiger partial charge in [-0.25, -0.2) is 4.39 Å². The van der Waals surface area contributed by atoms with Crippen molar-refractivity contribution in [3.8, 4) is 5.75 Å². The molecule has 1 amide bonds. The van der Waals surface area contributed by atoms with Crippen LogP contribution in [0.25, 0.3) is 0 Å². The van der Waals surface area contributed by atoms with Crippen molar-refractivity contribution in [2.45, 2.75) is 13.2 Å². The summed E-state index contributed by atoms with van der Waals surface area (Å²) in [6, 6.07) is 12.0. The van der Waals surface area contributed by atoms with Crippen molar-refractivity contribution < 1.29 is 18.3 Å². The Bertz CT molecular complexity index is 934. The van der Waals surface area contributed by atoms with Gasteiger partial charge in [0, 0.05) is 11.6 Å². The van der Waals surface area contributed by atoms with E-state index in [-0.39, 0.29) is 40.5 Å². The van der Waals surface area contributed by atoms with Crippen LogP contribution in [0, 0.1) is 5.82 Å². The van der Waals surface area contributed by atoms with Gasteiger partial charge in [0.05, 0.1) is 10.0 Å². The van der Waals surface area contributed by atoms with E-state index in [1.165, 1.54) is 30.3 Å². The molecule has 0 bridgehead atoms. The molecule has 4 nitrogen and oxygen atoms in total. The average Bonchev–Trinajstić information content (AvgIpc) is 3.09. The number of rotatable bonds is 6. The van der Waals surface area contributed by atoms with E-state index in [1.54, 1.807) is 18.2 Å². The molecule has 1 aromatic heterocycles. The Morgan fingerprint density at radius 3 is 2.37 bits per heavy atom. The second kappa shape index (κ2) is 8.65. The summed E-state index contributed by atoms with van der Waals surface area (Å²) in [7, 11) is 0. The third-order valence-corrected chi connectivity index (χ3v) is 4.35. The first kappa shape index (κ1) is 19.5. The van der Waals surface area contributed by atoms with E-state index in [2.05, 4.69) is 5.32 Å². The van der Waals surface area contributed by atoms with E-state index in [4.69, 9.17) is 44.0 Å². The third kappa shape index (κ3) is 5.16. The SMILES string of the molecule is O=C(NCc1ccc(F)cc1)c1ccc(COc2c(Cl)cc(Cl)cc2Cl)o1. The first-order chi connectivity index (χ1) is 12.9. The number of amides is 1. The average molecular weight is 429 g/mol. The van der Waals surface area contributed by atoms with Crippen LogP contribution in [0.1, 0.15) is 21.9 Å². The fourth-order valence-electron chi connectivity index (χ4n) is 2.26. The van der Waals surface area contributed by atoms with E-state index in [9.17, 15) is 9.18 Å². The lowest BCUT2D eigenvalue weighted by Crippen LogP contribution is -2.22. The van der Waals surface area contributed by atoms with Crippen LogP contribution < -0.4 is 10.1 Å². The van der Waals surface area contributed by atoms with Crippen LogP contribution in [0.2, 0.25) is 15.1 Å². The minimum Gasteiger partial charge on any atom is -0.483 e. The summed E-state index contributed by atoms with van der Waals surface area (Å²) in [5, 5.41) is 3.64. The van der Waals surface area contributed by atoms with Gasteiger partial charge in [0.15, 0.2) is 11.5 Å². The van der Waals surface area contributed by atoms with Gasteiger partial charge >= 0.3 is 0 Å². The number of halogens is 4. The highest BCUT2D eigenvalue weighted by Crippen LogP contribution is 2.36. The van der Waals surface area contributed by atoms with Gasteiger partial charge in [-0.2, -0.15) is 0 Å². The highest BCUT2D eigenvalue weighted by atomic mass is 35.5. The van der Waals surface area contributed by atoms with Crippen molar-refractivity contribution in [3.63, 3.8) is 0 Å². The second-order valence-electron chi connectivity index (χ2n) is 5.56. The highest BCUT2D eigenvalue weighted by molar-refractivity contribution is 6.40. The summed E-state index contributed by atoms with van der Waals surface area (Å²) in [4.78, 5) is 12.1. The molecule has 0 aliphatic carbocycles. The first-order valence-electron chi connectivity index (χ1n) is 7.81. The fourth-order valence-corrected chi connectivity index (χ4v) is 3.19. The van der Waals surface area contributed by atoms with Crippen LogP contribution in [-0.2, 0) is 13.2 Å². The molecular formula is C19H13Cl3FNO3. The molecule has 140 valence electrons. The quantitative estimate of drug-likeness (QED) is 0.533. The normalized spacial score (nSPS) is 10.7. The minimum atomic E-state index is -0.395. The van der Waals surface area contributed by atoms with Gasteiger partial charge in [-0.3, -0.25) is 4.79 Å². The predicted molar refractivity (Wildman–Crippen MR) is 102 cm³/mol. The molecule has 27 heavy (non-hydrogen) atoms. The first-order valence-corrected chi connectivity index (χ1v) is 8.94. The molecule has 0 saturated carbocycles. The van der Waals surface area contributed by atoms with E-state index in [0.717, 1.165) is 5.56 Å². The lowest BCUT2D eigenvalue weighted by atomic mass is 10.2. The Hall–Kier alpha value is -2.21. The lowest BCUT2D eigenvalue weighted by molar-refractivity contribution is 0.0919. The standard InChI is InChI=1S/C19H13Cl3FNO3/c20-12-7-15(21)18(16(22)8-12)26-10-14-5-6-17(27-14)19(25)24-9-11-1-3-13(23)4-2-11/h1-8H,9-10H2,(H,24,25). The maximum absolute atomic E-state index is 12.9. The molecule has 1 heterocycles. The van der Waals surface area contributed by atoms with Crippen molar-refractivity contribution in [1.82, 2.24) is 5.32 Å². The van der Waals surface area contributed by atoms with E-state index in [1.807, 2.05) is 0 Å². The van der Waals surface area contributed by atoms with Gasteiger partial charge < -0.3 is 14.5 Å². The number of ether oxygens (including phenoxy) is 1. The molecule has 0 saturated heterocycles. The van der Waals surface area contributed by atoms with Gasteiger partial charge in [0.25, 0.3) is 5.91 Å². The van der Waals surface area contributed by atoms with Gasteiger partial charge in [-0.15, -0.1) is 0 Å². The molecular weight excluding hydrogens is 416 g/mol. The van der Waals surface area contributed by atoms with Gasteiger partial charge in [0.2, 0.25) is 0 Å². The topological polar surface area (TPSA) is 51.5 Å². The Morgan fingerprint density at radius 2 is 1.70 bits per heavy atom. The molecule has 3 aromatic rings. The number of hydrogen-bond donors (Lipinski definition) is 1. The van der Waals surface area contributed by atoms with Crippen LogP contribution in [-0.4, -0.2) is 5.91 Å². The van der Waals surface area contributed by atoms with Crippen molar-refractivity contribution in [2.75, 3.05) is 0 Å². The minimum absolute atomic E-state index is 0.0340. The van der Waals surface area contributed by atoms with Crippen molar-refractivity contribution in [2.24, 2.45) is 0 Å². The summed E-state index contributed by atoms with van der Waals surface area (Å²) < 4.78 is 23.9. The van der Waals surface area contributed by atoms with E-state index < -0.39 is 5.91 Å². The van der Waals surface area contributed by atoms with Crippen molar-refractivity contribution in [3.05, 3.63) is 86.5 Å². The molecule has 0 radical (unpaired) electrons. The molecule has 0 spiro atoms. The van der Waals surface area contributed by atoms with Crippen LogP contribution in [0.3, 0.4) is 0 Å². The molecule has 0 unspecified atom stereocenters. The fraction of sp³-hybridized carbons (Fsp3) is 0.105. The van der Waals surface area contributed by atoms with Gasteiger partial charge in [0.1, 0.15) is 18.2 Å². The number of nitrogens with one attached hydrogen (secondary N) is 1. The predicted octanol–water partition coefficient (Wildman–Crippen LogP) is 5.89. The Balaban J connectivity index is 1.58. The molecule has 0 atom stereocenters. The molecule has 2 aromatic carbocycles. The smallest absolute Gasteiger partial charge is 0.287 e. The molecule has 8 heteroatoms. The zero-order valence-electron chi connectivity index (χ0n) is 13.8. The van der Waals surface area contributed by atoms with Gasteiger partial charge in [-0.05, 0) is 42.0 Å². The number of carbonyl (C=O) groups excluding carboxylic acids is 1. The summed E-state index contributed by atoms with van der Waals surface area (Å²) in [5.74, 6) is 0.101. The largest absolute Gasteiger partial charge is 0.483 e. The molecule has 0 fully saturated rings. The summed E-state index contributed by atoms with van der Waals surface area (Å²) in [6.07, 6.45) is 0. The molecule has 0 aliphatic rings. The highest BCUT2D eigenvalue weighted by Gasteiger charge is 2.14. The number of carbonyl (C=O) groups is 1. The second-order valence-corrected chi connectivity index (χ2v) is 6.81. The van der Waals surface area contributed by atoms with Crippen molar-refractivity contribution in [1.29, 1.82) is 0 Å². The van der Waals surface area contributed by atoms with E-state index >= 15 is 0 Å². The van der Waals surface area contributed by atoms with Gasteiger partial charge in [-0.1, -0.05) is 46.9 Å². The zero-order valence-corrected chi connectivity index (χ0v) is 16.0. The monoisotopic (exact) mass is 427 g/mol. The van der Waals surface area contributed by atoms with Crippen LogP contribution in [0.15, 0.2) is 52.9 Å².